The molecule has 0 bridgehead atoms. The summed E-state index contributed by atoms with van der Waals surface area (Å²) in [6.45, 7) is 0.270. The van der Waals surface area contributed by atoms with Crippen LogP contribution in [0.5, 0.6) is 11.5 Å². The van der Waals surface area contributed by atoms with Crippen molar-refractivity contribution in [3.63, 3.8) is 0 Å². The van der Waals surface area contributed by atoms with E-state index in [0.29, 0.717) is 22.6 Å². The fraction of sp³-hybridized carbons (Fsp3) is 0.300. The second-order valence-corrected chi connectivity index (χ2v) is 6.38. The lowest BCUT2D eigenvalue weighted by Crippen LogP contribution is -2.40. The third-order valence-corrected chi connectivity index (χ3v) is 4.43. The Labute approximate surface area is 146 Å². The molecular formula is C20H20N2O3. The first kappa shape index (κ1) is 17.0. The first-order valence-corrected chi connectivity index (χ1v) is 8.37. The predicted octanol–water partition coefficient (Wildman–Crippen LogP) is 3.39. The third-order valence-electron chi connectivity index (χ3n) is 4.43. The zero-order chi connectivity index (χ0) is 17.7. The van der Waals surface area contributed by atoms with Crippen molar-refractivity contribution in [2.75, 3.05) is 6.54 Å². The molecule has 2 N–H and O–H groups in total. The van der Waals surface area contributed by atoms with Crippen LogP contribution in [0.2, 0.25) is 0 Å². The number of nitrogens with zero attached hydrogens (tertiary/aromatic N) is 1. The highest BCUT2D eigenvalue weighted by Gasteiger charge is 2.31. The number of hydrogen-bond acceptors (Lipinski definition) is 4. The van der Waals surface area contributed by atoms with E-state index in [9.17, 15) is 9.90 Å². The second kappa shape index (κ2) is 7.37. The lowest BCUT2D eigenvalue weighted by molar-refractivity contribution is 0.0449. The quantitative estimate of drug-likeness (QED) is 0.877. The molecule has 3 rings (SSSR count). The minimum atomic E-state index is -0.772. The maximum absolute atomic E-state index is 12.3. The van der Waals surface area contributed by atoms with Gasteiger partial charge in [0.1, 0.15) is 11.5 Å². The van der Waals surface area contributed by atoms with Gasteiger partial charge < -0.3 is 15.2 Å². The van der Waals surface area contributed by atoms with Gasteiger partial charge in [-0.3, -0.25) is 4.79 Å². The third kappa shape index (κ3) is 4.37. The Morgan fingerprint density at radius 2 is 1.88 bits per heavy atom. The fourth-order valence-electron chi connectivity index (χ4n) is 2.99. The van der Waals surface area contributed by atoms with Gasteiger partial charge in [0, 0.05) is 12.1 Å². The molecule has 5 nitrogen and oxygen atoms in total. The highest BCUT2D eigenvalue weighted by atomic mass is 16.5. The first-order chi connectivity index (χ1) is 12.1. The number of ether oxygens (including phenoxy) is 1. The summed E-state index contributed by atoms with van der Waals surface area (Å²) in [5, 5.41) is 21.9. The Kier molecular flexibility index (Phi) is 5.01. The molecule has 2 aromatic carbocycles. The Hall–Kier alpha value is -2.84. The van der Waals surface area contributed by atoms with Crippen molar-refractivity contribution in [3.05, 3.63) is 59.7 Å². The van der Waals surface area contributed by atoms with Gasteiger partial charge in [-0.25, -0.2) is 0 Å². The molecule has 0 radical (unpaired) electrons. The van der Waals surface area contributed by atoms with Crippen LogP contribution in [0.4, 0.5) is 0 Å². The minimum absolute atomic E-state index is 0.231. The van der Waals surface area contributed by atoms with Crippen LogP contribution in [0.3, 0.4) is 0 Å². The minimum Gasteiger partial charge on any atom is -0.457 e. The highest BCUT2D eigenvalue weighted by molar-refractivity contribution is 5.94. The largest absolute Gasteiger partial charge is 0.457 e. The van der Waals surface area contributed by atoms with Crippen molar-refractivity contribution in [1.82, 2.24) is 5.32 Å². The molecule has 0 aliphatic heterocycles. The summed E-state index contributed by atoms with van der Waals surface area (Å²) < 4.78 is 5.73. The van der Waals surface area contributed by atoms with Crippen LogP contribution < -0.4 is 10.1 Å². The number of rotatable bonds is 5. The van der Waals surface area contributed by atoms with Crippen molar-refractivity contribution in [1.29, 1.82) is 5.26 Å². The topological polar surface area (TPSA) is 82.3 Å². The molecule has 0 unspecified atom stereocenters. The van der Waals surface area contributed by atoms with E-state index >= 15 is 0 Å². The Morgan fingerprint density at radius 3 is 2.56 bits per heavy atom. The second-order valence-electron chi connectivity index (χ2n) is 6.38. The van der Waals surface area contributed by atoms with E-state index in [4.69, 9.17) is 10.00 Å². The standard InChI is InChI=1S/C20H20N2O3/c21-13-15-6-8-17(9-7-15)25-18-5-3-4-16(12-18)19(23)22-14-20(24)10-1-2-11-20/h3-9,12,24H,1-2,10-11,14H2,(H,22,23). The average Bonchev–Trinajstić information content (AvgIpc) is 3.07. The van der Waals surface area contributed by atoms with Gasteiger partial charge in [0.25, 0.3) is 5.91 Å². The van der Waals surface area contributed by atoms with Crippen LogP contribution in [0, 0.1) is 11.3 Å². The summed E-state index contributed by atoms with van der Waals surface area (Å²) in [7, 11) is 0. The van der Waals surface area contributed by atoms with E-state index in [0.717, 1.165) is 25.7 Å². The smallest absolute Gasteiger partial charge is 0.251 e. The molecule has 0 saturated heterocycles. The van der Waals surface area contributed by atoms with Crippen molar-refractivity contribution in [3.8, 4) is 17.6 Å². The Bertz CT molecular complexity index is 787. The normalized spacial score (nSPS) is 15.4. The van der Waals surface area contributed by atoms with Crippen molar-refractivity contribution >= 4 is 5.91 Å². The number of nitriles is 1. The van der Waals surface area contributed by atoms with Gasteiger partial charge in [-0.1, -0.05) is 18.9 Å². The van der Waals surface area contributed by atoms with E-state index in [2.05, 4.69) is 11.4 Å². The Morgan fingerprint density at radius 1 is 1.16 bits per heavy atom. The number of hydrogen-bond donors (Lipinski definition) is 2. The van der Waals surface area contributed by atoms with Crippen LogP contribution >= 0.6 is 0 Å². The molecule has 0 spiro atoms. The van der Waals surface area contributed by atoms with Crippen molar-refractivity contribution in [2.24, 2.45) is 0 Å². The number of carbonyl (C=O) groups is 1. The van der Waals surface area contributed by atoms with Gasteiger partial charge in [0.05, 0.1) is 17.2 Å². The molecule has 1 aliphatic carbocycles. The van der Waals surface area contributed by atoms with Crippen LogP contribution in [-0.4, -0.2) is 23.2 Å². The molecule has 1 amide bonds. The molecule has 128 valence electrons. The van der Waals surface area contributed by atoms with Gasteiger partial charge in [-0.2, -0.15) is 5.26 Å². The lowest BCUT2D eigenvalue weighted by Gasteiger charge is -2.22. The molecule has 1 fully saturated rings. The molecule has 1 saturated carbocycles. The number of nitrogens with one attached hydrogen (secondary N) is 1. The van der Waals surface area contributed by atoms with Crippen LogP contribution in [0.1, 0.15) is 41.6 Å². The summed E-state index contributed by atoms with van der Waals surface area (Å²) in [5.74, 6) is 0.902. The van der Waals surface area contributed by atoms with Crippen molar-refractivity contribution < 1.29 is 14.6 Å². The van der Waals surface area contributed by atoms with Crippen LogP contribution in [0.15, 0.2) is 48.5 Å². The predicted molar refractivity (Wildman–Crippen MR) is 93.4 cm³/mol. The summed E-state index contributed by atoms with van der Waals surface area (Å²) in [4.78, 5) is 12.3. The maximum atomic E-state index is 12.3. The molecule has 0 aromatic heterocycles. The zero-order valence-electron chi connectivity index (χ0n) is 13.9. The SMILES string of the molecule is N#Cc1ccc(Oc2cccc(C(=O)NCC3(O)CCCC3)c2)cc1. The van der Waals surface area contributed by atoms with Gasteiger partial charge in [-0.05, 0) is 55.3 Å². The van der Waals surface area contributed by atoms with Gasteiger partial charge in [-0.15, -0.1) is 0 Å². The van der Waals surface area contributed by atoms with E-state index in [-0.39, 0.29) is 12.5 Å². The fourth-order valence-corrected chi connectivity index (χ4v) is 2.99. The van der Waals surface area contributed by atoms with Crippen LogP contribution in [0.25, 0.3) is 0 Å². The monoisotopic (exact) mass is 336 g/mol. The molecule has 0 atom stereocenters. The van der Waals surface area contributed by atoms with Gasteiger partial charge in [0.15, 0.2) is 0 Å². The van der Waals surface area contributed by atoms with E-state index in [1.54, 1.807) is 48.5 Å². The van der Waals surface area contributed by atoms with Crippen LogP contribution in [-0.2, 0) is 0 Å². The van der Waals surface area contributed by atoms with Gasteiger partial charge in [0.2, 0.25) is 0 Å². The molecule has 25 heavy (non-hydrogen) atoms. The summed E-state index contributed by atoms with van der Waals surface area (Å²) >= 11 is 0. The highest BCUT2D eigenvalue weighted by Crippen LogP contribution is 2.28. The number of aliphatic hydroxyl groups is 1. The number of benzene rings is 2. The zero-order valence-corrected chi connectivity index (χ0v) is 13.9. The molecule has 5 heteroatoms. The molecule has 1 aliphatic rings. The van der Waals surface area contributed by atoms with E-state index in [1.165, 1.54) is 0 Å². The summed E-state index contributed by atoms with van der Waals surface area (Å²) in [5.41, 5.74) is 0.268. The average molecular weight is 336 g/mol. The first-order valence-electron chi connectivity index (χ1n) is 8.37. The summed E-state index contributed by atoms with van der Waals surface area (Å²) in [6, 6.07) is 15.7. The molecule has 0 heterocycles. The van der Waals surface area contributed by atoms with Gasteiger partial charge >= 0.3 is 0 Å². The van der Waals surface area contributed by atoms with E-state index in [1.807, 2.05) is 0 Å². The molecule has 2 aromatic rings. The summed E-state index contributed by atoms with van der Waals surface area (Å²) in [6.07, 6.45) is 3.46. The van der Waals surface area contributed by atoms with E-state index < -0.39 is 5.60 Å². The van der Waals surface area contributed by atoms with Crippen molar-refractivity contribution in [2.45, 2.75) is 31.3 Å². The maximum Gasteiger partial charge on any atom is 0.251 e. The Balaban J connectivity index is 1.63. The molecular weight excluding hydrogens is 316 g/mol. The number of carbonyl (C=O) groups excluding carboxylic acids is 1. The number of amides is 1. The lowest BCUT2D eigenvalue weighted by atomic mass is 10.0.